The van der Waals surface area contributed by atoms with Crippen LogP contribution >= 0.6 is 0 Å². The normalized spacial score (nSPS) is 15.0. The quantitative estimate of drug-likeness (QED) is 0.170. The van der Waals surface area contributed by atoms with Crippen molar-refractivity contribution >= 4 is 5.97 Å². The molecular weight excluding hydrogens is 745 g/mol. The van der Waals surface area contributed by atoms with Crippen LogP contribution in [0.25, 0.3) is 0 Å². The fourth-order valence-corrected chi connectivity index (χ4v) is 3.31. The van der Waals surface area contributed by atoms with Crippen LogP contribution in [0.2, 0.25) is 0 Å². The number of aryl methyl sites for hydroxylation is 1. The molecule has 0 fully saturated rings. The maximum absolute atomic E-state index is 13.9. The molecule has 0 amide bonds. The number of hydrogen-bond donors (Lipinski definition) is 1. The van der Waals surface area contributed by atoms with Crippen LogP contribution in [0.4, 0.5) is 83.4 Å². The summed E-state index contributed by atoms with van der Waals surface area (Å²) in [5.41, 5.74) is 0.205. The van der Waals surface area contributed by atoms with Crippen LogP contribution in [0.1, 0.15) is 66.0 Å². The van der Waals surface area contributed by atoms with Gasteiger partial charge in [0.05, 0.1) is 0 Å². The van der Waals surface area contributed by atoms with Crippen LogP contribution < -0.4 is 0 Å². The molecule has 1 aromatic carbocycles. The summed E-state index contributed by atoms with van der Waals surface area (Å²) in [5.74, 6) is -69.9. The predicted molar refractivity (Wildman–Crippen MR) is 137 cm³/mol. The van der Waals surface area contributed by atoms with Gasteiger partial charge in [0.15, 0.2) is 6.61 Å². The lowest BCUT2D eigenvalue weighted by Crippen LogP contribution is -2.76. The molecule has 0 aliphatic heterocycles. The van der Waals surface area contributed by atoms with Gasteiger partial charge in [0.2, 0.25) is 0 Å². The highest BCUT2D eigenvalue weighted by atomic mass is 19.4. The Morgan fingerprint density at radius 1 is 0.580 bits per heavy atom. The van der Waals surface area contributed by atoms with E-state index < -0.39 is 84.4 Å². The lowest BCUT2D eigenvalue weighted by Gasteiger charge is -2.43. The van der Waals surface area contributed by atoms with Gasteiger partial charge in [-0.1, -0.05) is 60.6 Å². The minimum atomic E-state index is -9.02. The molecule has 0 aliphatic rings. The first-order chi connectivity index (χ1) is 21.5. The van der Waals surface area contributed by atoms with Gasteiger partial charge in [0.25, 0.3) is 0 Å². The molecule has 0 saturated heterocycles. The topological polar surface area (TPSA) is 46.5 Å². The van der Waals surface area contributed by atoms with E-state index in [1.54, 1.807) is 20.8 Å². The molecule has 0 spiro atoms. The number of hydrogen-bond acceptors (Lipinski definition) is 3. The van der Waals surface area contributed by atoms with Crippen LogP contribution in [0, 0.1) is 5.41 Å². The molecule has 0 aromatic heterocycles. The number of benzene rings is 1. The van der Waals surface area contributed by atoms with Crippen LogP contribution in [-0.4, -0.2) is 71.2 Å². The summed E-state index contributed by atoms with van der Waals surface area (Å²) in [6.45, 7) is 10.2. The average molecular weight is 777 g/mol. The Bertz CT molecular complexity index is 1310. The molecule has 0 saturated carbocycles. The van der Waals surface area contributed by atoms with Crippen molar-refractivity contribution in [2.45, 2.75) is 120 Å². The molecule has 50 heavy (non-hydrogen) atoms. The number of rotatable bonds is 12. The summed E-state index contributed by atoms with van der Waals surface area (Å²) < 4.78 is 257. The van der Waals surface area contributed by atoms with Crippen molar-refractivity contribution in [3.8, 4) is 5.75 Å². The Labute approximate surface area is 272 Å². The van der Waals surface area contributed by atoms with Gasteiger partial charge in [-0.15, -0.1) is 0 Å². The third-order valence-electron chi connectivity index (χ3n) is 6.08. The van der Waals surface area contributed by atoms with E-state index in [1.807, 2.05) is 0 Å². The Morgan fingerprint density at radius 3 is 1.26 bits per heavy atom. The summed E-state index contributed by atoms with van der Waals surface area (Å²) in [6.07, 6.45) is -9.52. The summed E-state index contributed by atoms with van der Waals surface area (Å²) in [4.78, 5) is 11.7. The van der Waals surface area contributed by atoms with Crippen molar-refractivity contribution in [3.05, 3.63) is 29.3 Å². The number of carbonyl (C=O) groups is 1. The lowest BCUT2D eigenvalue weighted by molar-refractivity contribution is -0.469. The molecule has 0 heterocycles. The van der Waals surface area contributed by atoms with Crippen LogP contribution in [-0.2, 0) is 21.4 Å². The van der Waals surface area contributed by atoms with Crippen LogP contribution in [0.5, 0.6) is 5.75 Å². The van der Waals surface area contributed by atoms with E-state index >= 15 is 0 Å². The molecule has 3 nitrogen and oxygen atoms in total. The number of esters is 1. The molecule has 0 radical (unpaired) electrons. The smallest absolute Gasteiger partial charge is 0.460 e. The van der Waals surface area contributed by atoms with Gasteiger partial charge in [-0.3, -0.25) is 4.79 Å². The summed E-state index contributed by atoms with van der Waals surface area (Å²) in [6, 6.07) is 3.54. The highest BCUT2D eigenvalue weighted by Crippen LogP contribution is 2.65. The van der Waals surface area contributed by atoms with E-state index in [0.29, 0.717) is 5.41 Å². The average Bonchev–Trinajstić information content (AvgIpc) is 2.88. The first-order valence-corrected chi connectivity index (χ1v) is 13.6. The van der Waals surface area contributed by atoms with Crippen LogP contribution in [0.15, 0.2) is 18.2 Å². The van der Waals surface area contributed by atoms with E-state index in [1.165, 1.54) is 6.07 Å². The number of alkyl halides is 19. The van der Waals surface area contributed by atoms with Crippen molar-refractivity contribution < 1.29 is 98.1 Å². The SMILES string of the molecule is CC(C)(C)C.CC(C)(C)c1cc(CCC(=O)OCC(F)(F)C(F)(F)C(F)(F)C(F)(F)C(F)(F)C(F)(F)C(F)(F)C(F)(F)C(F)(F)F)ccc1O. The Balaban J connectivity index is 0.00000445. The number of halogens is 19. The lowest BCUT2D eigenvalue weighted by atomic mass is 9.85. The van der Waals surface area contributed by atoms with E-state index in [-0.39, 0.29) is 16.9 Å². The van der Waals surface area contributed by atoms with E-state index in [4.69, 9.17) is 0 Å². The number of phenols is 1. The molecular formula is C28H31F19O3. The molecule has 1 N–H and O–H groups in total. The Hall–Kier alpha value is -2.84. The molecule has 0 unspecified atom stereocenters. The molecule has 294 valence electrons. The Morgan fingerprint density at radius 2 is 0.920 bits per heavy atom. The van der Waals surface area contributed by atoms with Gasteiger partial charge in [-0.05, 0) is 34.4 Å². The molecule has 1 aromatic rings. The zero-order chi connectivity index (χ0) is 40.8. The largest absolute Gasteiger partial charge is 0.508 e. The van der Waals surface area contributed by atoms with Gasteiger partial charge in [-0.2, -0.15) is 83.4 Å². The van der Waals surface area contributed by atoms with Crippen molar-refractivity contribution in [1.82, 2.24) is 0 Å². The third kappa shape index (κ3) is 8.96. The maximum Gasteiger partial charge on any atom is 0.460 e. The minimum Gasteiger partial charge on any atom is -0.508 e. The van der Waals surface area contributed by atoms with Crippen LogP contribution in [0.3, 0.4) is 0 Å². The van der Waals surface area contributed by atoms with Crippen molar-refractivity contribution in [2.75, 3.05) is 6.61 Å². The highest BCUT2D eigenvalue weighted by molar-refractivity contribution is 5.69. The van der Waals surface area contributed by atoms with E-state index in [9.17, 15) is 93.3 Å². The highest BCUT2D eigenvalue weighted by Gasteiger charge is 2.96. The van der Waals surface area contributed by atoms with Gasteiger partial charge < -0.3 is 9.84 Å². The standard InChI is InChI=1S/C23H19F19O3.C5H12/c1-14(2,3)11-8-10(4-6-12(11)43)5-7-13(44)45-9-15(24,25)16(26,27)17(28,29)18(30,31)19(32,33)20(34,35)21(36,37)22(38,39)23(40,41)42;1-5(2,3)4/h4,6,8,43H,5,7,9H2,1-3H3;1-4H3. The predicted octanol–water partition coefficient (Wildman–Crippen LogP) is 10.9. The molecule has 0 aliphatic carbocycles. The maximum atomic E-state index is 13.9. The first kappa shape index (κ1) is 47.2. The zero-order valence-electron chi connectivity index (χ0n) is 26.8. The van der Waals surface area contributed by atoms with Gasteiger partial charge in [-0.25, -0.2) is 0 Å². The zero-order valence-corrected chi connectivity index (χ0v) is 26.8. The number of aromatic hydroxyl groups is 1. The first-order valence-electron chi connectivity index (χ1n) is 13.6. The fourth-order valence-electron chi connectivity index (χ4n) is 3.31. The second-order valence-electron chi connectivity index (χ2n) is 13.5. The van der Waals surface area contributed by atoms with E-state index in [0.717, 1.165) is 12.1 Å². The van der Waals surface area contributed by atoms with Crippen molar-refractivity contribution in [2.24, 2.45) is 5.41 Å². The summed E-state index contributed by atoms with van der Waals surface area (Å²) in [7, 11) is 0. The second-order valence-corrected chi connectivity index (χ2v) is 13.5. The molecule has 22 heteroatoms. The fraction of sp³-hybridized carbons (Fsp3) is 0.750. The molecule has 0 bridgehead atoms. The van der Waals surface area contributed by atoms with E-state index in [2.05, 4.69) is 32.4 Å². The number of ether oxygens (including phenoxy) is 1. The monoisotopic (exact) mass is 776 g/mol. The minimum absolute atomic E-state index is 0.147. The molecule has 1 rings (SSSR count). The van der Waals surface area contributed by atoms with Gasteiger partial charge in [0, 0.05) is 6.42 Å². The van der Waals surface area contributed by atoms with Gasteiger partial charge >= 0.3 is 59.5 Å². The van der Waals surface area contributed by atoms with Crippen molar-refractivity contribution in [1.29, 1.82) is 0 Å². The van der Waals surface area contributed by atoms with Crippen molar-refractivity contribution in [3.63, 3.8) is 0 Å². The third-order valence-corrected chi connectivity index (χ3v) is 6.08. The van der Waals surface area contributed by atoms with Gasteiger partial charge in [0.1, 0.15) is 5.75 Å². The summed E-state index contributed by atoms with van der Waals surface area (Å²) in [5, 5.41) is 9.86. The summed E-state index contributed by atoms with van der Waals surface area (Å²) >= 11 is 0. The second kappa shape index (κ2) is 13.9. The Kier molecular flexibility index (Phi) is 13.2. The number of phenolic OH excluding ortho intramolecular Hbond substituents is 1. The number of carbonyl (C=O) groups excluding carboxylic acids is 1. The molecule has 0 atom stereocenters.